The van der Waals surface area contributed by atoms with Gasteiger partial charge in [0.05, 0.1) is 66.5 Å². The lowest BCUT2D eigenvalue weighted by atomic mass is 9.93. The third-order valence-electron chi connectivity index (χ3n) is 18.4. The van der Waals surface area contributed by atoms with Gasteiger partial charge in [-0.05, 0) is 200 Å². The van der Waals surface area contributed by atoms with Crippen molar-refractivity contribution in [2.45, 2.75) is 141 Å². The van der Waals surface area contributed by atoms with Gasteiger partial charge in [0.2, 0.25) is 17.7 Å². The van der Waals surface area contributed by atoms with Crippen molar-refractivity contribution in [3.8, 4) is 45.2 Å². The molecule has 6 aromatic carbocycles. The topological polar surface area (TPSA) is 271 Å². The number of fused-ring (bicyclic) bond motifs is 2. The van der Waals surface area contributed by atoms with Gasteiger partial charge >= 0.3 is 12.1 Å². The van der Waals surface area contributed by atoms with Crippen LogP contribution in [0.3, 0.4) is 0 Å². The van der Waals surface area contributed by atoms with Crippen LogP contribution < -0.4 is 26.6 Å². The molecule has 5 amide bonds. The van der Waals surface area contributed by atoms with Crippen LogP contribution in [0.15, 0.2) is 179 Å². The number of nitrogens with one attached hydrogen (secondary N) is 7. The van der Waals surface area contributed by atoms with Gasteiger partial charge < -0.3 is 64.7 Å². The van der Waals surface area contributed by atoms with Crippen molar-refractivity contribution in [2.24, 2.45) is 0 Å². The number of alkyl carbamates (subject to hydrolysis) is 1. The molecule has 6 atom stereocenters. The maximum atomic E-state index is 14.1. The zero-order valence-electron chi connectivity index (χ0n) is 55.3. The predicted octanol–water partition coefficient (Wildman–Crippen LogP) is 14.3. The van der Waals surface area contributed by atoms with E-state index in [4.69, 9.17) is 23.3 Å². The highest BCUT2D eigenvalue weighted by Crippen LogP contribution is 2.38. The molecule has 4 aliphatic heterocycles. The summed E-state index contributed by atoms with van der Waals surface area (Å²) in [5.74, 6) is 1.13. The Morgan fingerprint density at radius 2 is 1.08 bits per heavy atom. The number of hydrogen-bond acceptors (Lipinski definition) is 14. The molecule has 8 heterocycles. The molecule has 512 valence electrons. The second kappa shape index (κ2) is 30.8. The van der Waals surface area contributed by atoms with Crippen LogP contribution in [0, 0.1) is 0 Å². The molecule has 4 saturated heterocycles. The summed E-state index contributed by atoms with van der Waals surface area (Å²) in [6, 6.07) is 47.9. The van der Waals surface area contributed by atoms with Gasteiger partial charge in [0.1, 0.15) is 46.4 Å². The van der Waals surface area contributed by atoms with E-state index < -0.39 is 30.1 Å². The molecule has 0 unspecified atom stereocenters. The molecule has 0 aliphatic carbocycles. The number of furan rings is 2. The Labute approximate surface area is 575 Å². The second-order valence-electron chi connectivity index (χ2n) is 26.0. The summed E-state index contributed by atoms with van der Waals surface area (Å²) >= 11 is 0. The molecule has 4 aromatic heterocycles. The van der Waals surface area contributed by atoms with Gasteiger partial charge in [-0.2, -0.15) is 0 Å². The van der Waals surface area contributed by atoms with Crippen LogP contribution in [-0.4, -0.2) is 116 Å². The monoisotopic (exact) mass is 1340 g/mol. The fourth-order valence-corrected chi connectivity index (χ4v) is 13.5. The molecule has 21 heteroatoms. The van der Waals surface area contributed by atoms with Gasteiger partial charge in [0, 0.05) is 57.5 Å². The summed E-state index contributed by atoms with van der Waals surface area (Å²) in [7, 11) is 0. The van der Waals surface area contributed by atoms with Crippen molar-refractivity contribution in [3.63, 3.8) is 0 Å². The number of esters is 1. The number of imidazole rings is 2. The molecule has 0 bridgehead atoms. The Balaban J connectivity index is 0.000000228. The van der Waals surface area contributed by atoms with E-state index in [1.54, 1.807) is 55.8 Å². The summed E-state index contributed by atoms with van der Waals surface area (Å²) in [6.45, 7) is 9.96. The first-order valence-corrected chi connectivity index (χ1v) is 34.0. The van der Waals surface area contributed by atoms with E-state index in [-0.39, 0.29) is 61.8 Å². The lowest BCUT2D eigenvalue weighted by Crippen LogP contribution is -2.45. The highest BCUT2D eigenvalue weighted by molar-refractivity contribution is 6.00. The lowest BCUT2D eigenvalue weighted by Gasteiger charge is -2.28. The first kappa shape index (κ1) is 68.3. The highest BCUT2D eigenvalue weighted by atomic mass is 16.6. The van der Waals surface area contributed by atoms with Gasteiger partial charge in [0.25, 0.3) is 5.91 Å². The Morgan fingerprint density at radius 1 is 0.545 bits per heavy atom. The summed E-state index contributed by atoms with van der Waals surface area (Å²) in [4.78, 5) is 99.1. The number of anilines is 2. The van der Waals surface area contributed by atoms with Crippen molar-refractivity contribution in [3.05, 3.63) is 193 Å². The van der Waals surface area contributed by atoms with Crippen molar-refractivity contribution in [2.75, 3.05) is 36.8 Å². The van der Waals surface area contributed by atoms with Crippen LogP contribution >= 0.6 is 0 Å². The number of likely N-dealkylation sites (tertiary alicyclic amines) is 2. The summed E-state index contributed by atoms with van der Waals surface area (Å²) in [6.07, 6.45) is 9.20. The standard InChI is InChI=1S/C51H54N6O8.C26H27N5O2.CH4/c1-31(2)63-45(58)29-39(33-13-7-5-8-14-33)49(60)57-26-12-18-42(57)48(59)53-38-22-19-34(20-23-38)44-28-37-27-36(21-24-43(37)65-44)40-30-52-47(54-40)41-17-11-25-56(41)50(61)46(35-15-9-6-10-16-35)55-51(62)64-32(3)4;32-26(21-4-2-12-28-21)30-19-8-5-16(6-9-19)24-14-18-13-17(7-10-23(18)33-24)22-15-29-25(31-22)20-3-1-11-27-20;/h5-10,13-16,19-24,27-28,30-32,39,41-42,46H,11-12,17-18,25-26,29H2,1-4H3,(H,52,54)(H,53,59)(H,55,62);5-10,13-15,20-21,27-28H,1-4,11-12H2,(H,29,31)(H,30,32);1H4/t39-,41+,42+,46-;20-,21-;/m10./s1. The molecule has 0 saturated carbocycles. The minimum Gasteiger partial charge on any atom is -0.463 e. The average molecular weight is 1340 g/mol. The lowest BCUT2D eigenvalue weighted by molar-refractivity contribution is -0.150. The Kier molecular flexibility index (Phi) is 21.3. The SMILES string of the molecule is C.CC(C)OC(=O)C[C@@H](C(=O)N1CCC[C@H]1C(=O)Nc1ccc(-c2cc3cc(-c4cnc([C@@H]5CCCN5C(=O)[C@H](NC(=O)OC(C)C)c5ccccc5)[nH]4)ccc3o2)cc1)c1ccccc1.O=C(Nc1ccc(-c2cc3cc(-c4cnc([C@@H]5CCCN5)[nH]4)ccc3o2)cc1)[C@@H]1CCCN1. The van der Waals surface area contributed by atoms with Crippen molar-refractivity contribution < 1.29 is 47.1 Å². The number of carbonyl (C=O) groups is 6. The van der Waals surface area contributed by atoms with Gasteiger partial charge in [-0.15, -0.1) is 0 Å². The van der Waals surface area contributed by atoms with E-state index in [9.17, 15) is 28.8 Å². The van der Waals surface area contributed by atoms with E-state index in [2.05, 4.69) is 59.7 Å². The predicted molar refractivity (Wildman–Crippen MR) is 381 cm³/mol. The minimum atomic E-state index is -0.917. The molecule has 14 rings (SSSR count). The zero-order chi connectivity index (χ0) is 67.8. The highest BCUT2D eigenvalue weighted by Gasteiger charge is 2.40. The fraction of sp³-hybridized carbons (Fsp3) is 0.333. The quantitative estimate of drug-likeness (QED) is 0.0371. The van der Waals surface area contributed by atoms with Crippen LogP contribution in [0.5, 0.6) is 0 Å². The number of nitrogens with zero attached hydrogens (tertiary/aromatic N) is 4. The van der Waals surface area contributed by atoms with Gasteiger partial charge in [-0.25, -0.2) is 14.8 Å². The van der Waals surface area contributed by atoms with E-state index >= 15 is 0 Å². The van der Waals surface area contributed by atoms with Crippen molar-refractivity contribution in [1.29, 1.82) is 0 Å². The molecule has 10 aromatic rings. The maximum Gasteiger partial charge on any atom is 0.408 e. The number of carbonyl (C=O) groups excluding carboxylic acids is 6. The Morgan fingerprint density at radius 3 is 1.66 bits per heavy atom. The maximum absolute atomic E-state index is 14.1. The first-order chi connectivity index (χ1) is 47.6. The molecule has 0 spiro atoms. The van der Waals surface area contributed by atoms with Crippen molar-refractivity contribution in [1.82, 2.24) is 45.7 Å². The van der Waals surface area contributed by atoms with Gasteiger partial charge in [-0.1, -0.05) is 68.1 Å². The number of rotatable bonds is 19. The summed E-state index contributed by atoms with van der Waals surface area (Å²) in [5, 5.41) is 17.4. The molecule has 21 nitrogen and oxygen atoms in total. The fourth-order valence-electron chi connectivity index (χ4n) is 13.5. The zero-order valence-corrected chi connectivity index (χ0v) is 55.3. The van der Waals surface area contributed by atoms with E-state index in [1.807, 2.05) is 134 Å². The van der Waals surface area contributed by atoms with Gasteiger partial charge in [0.15, 0.2) is 0 Å². The van der Waals surface area contributed by atoms with E-state index in [0.717, 1.165) is 112 Å². The molecule has 0 radical (unpaired) electrons. The number of aromatic nitrogens is 4. The molecule has 4 aliphatic rings. The number of hydrogen-bond donors (Lipinski definition) is 7. The smallest absolute Gasteiger partial charge is 0.408 e. The number of H-pyrrole nitrogens is 2. The molecule has 4 fully saturated rings. The largest absolute Gasteiger partial charge is 0.463 e. The van der Waals surface area contributed by atoms with Gasteiger partial charge in [-0.3, -0.25) is 24.0 Å². The molecule has 99 heavy (non-hydrogen) atoms. The average Bonchev–Trinajstić information content (AvgIpc) is 1.67. The Hall–Kier alpha value is -10.6. The van der Waals surface area contributed by atoms with Crippen LogP contribution in [0.25, 0.3) is 67.1 Å². The van der Waals surface area contributed by atoms with Crippen LogP contribution in [0.2, 0.25) is 0 Å². The number of amides is 5. The van der Waals surface area contributed by atoms with Crippen LogP contribution in [0.1, 0.15) is 140 Å². The Bertz CT molecular complexity index is 4450. The molecular formula is C78H85N11O10. The van der Waals surface area contributed by atoms with Crippen LogP contribution in [0.4, 0.5) is 16.2 Å². The molecule has 7 N–H and O–H groups in total. The number of benzene rings is 6. The summed E-state index contributed by atoms with van der Waals surface area (Å²) in [5.41, 5.74) is 9.84. The van der Waals surface area contributed by atoms with E-state index in [0.29, 0.717) is 66.0 Å². The normalized spacial score (nSPS) is 18.0. The van der Waals surface area contributed by atoms with Crippen LogP contribution in [-0.2, 0) is 33.4 Å². The summed E-state index contributed by atoms with van der Waals surface area (Å²) < 4.78 is 23.1. The first-order valence-electron chi connectivity index (χ1n) is 34.0. The third-order valence-corrected chi connectivity index (χ3v) is 18.4. The third kappa shape index (κ3) is 16.0. The second-order valence-corrected chi connectivity index (χ2v) is 26.0. The van der Waals surface area contributed by atoms with E-state index in [1.165, 1.54) is 6.42 Å². The number of ether oxygens (including phenoxy) is 2. The number of aromatic amines is 2. The molecular weight excluding hydrogens is 1250 g/mol. The minimum absolute atomic E-state index is 0. The van der Waals surface area contributed by atoms with Crippen molar-refractivity contribution >= 4 is 69.0 Å².